The number of hydrogen-bond donors (Lipinski definition) is 2. The smallest absolute Gasteiger partial charge is 0.232 e. The summed E-state index contributed by atoms with van der Waals surface area (Å²) < 4.78 is 26.8. The van der Waals surface area contributed by atoms with Crippen molar-refractivity contribution in [1.82, 2.24) is 9.97 Å². The molecular formula is C20H22N4O2S. The van der Waals surface area contributed by atoms with E-state index in [-0.39, 0.29) is 5.75 Å². The molecule has 0 saturated heterocycles. The molecule has 0 atom stereocenters. The average molecular weight is 382 g/mol. The summed E-state index contributed by atoms with van der Waals surface area (Å²) in [7, 11) is -3.33. The fourth-order valence-corrected chi connectivity index (χ4v) is 3.82. The molecule has 2 aromatic carbocycles. The molecule has 0 aliphatic heterocycles. The van der Waals surface area contributed by atoms with E-state index in [0.717, 1.165) is 23.4 Å². The van der Waals surface area contributed by atoms with E-state index in [9.17, 15) is 8.42 Å². The first-order valence-electron chi connectivity index (χ1n) is 8.81. The van der Waals surface area contributed by atoms with Crippen molar-refractivity contribution in [3.63, 3.8) is 0 Å². The van der Waals surface area contributed by atoms with Gasteiger partial charge in [0.05, 0.1) is 17.1 Å². The Morgan fingerprint density at radius 3 is 2.48 bits per heavy atom. The van der Waals surface area contributed by atoms with Crippen molar-refractivity contribution in [2.75, 3.05) is 15.8 Å². The highest BCUT2D eigenvalue weighted by Gasteiger charge is 2.10. The summed E-state index contributed by atoms with van der Waals surface area (Å²) in [5, 5.41) is 3.20. The number of benzene rings is 2. The minimum atomic E-state index is -3.33. The maximum Gasteiger partial charge on any atom is 0.232 e. The number of hydrogen-bond acceptors (Lipinski definition) is 5. The highest BCUT2D eigenvalue weighted by atomic mass is 32.2. The second-order valence-corrected chi connectivity index (χ2v) is 7.98. The molecule has 140 valence electrons. The number of aromatic nitrogens is 2. The standard InChI is InChI=1S/C20H22N4O2S/c1-2-3-12-27(25,26)24-18-11-7-10-17(13-18)23-20-14-19(21-15-22-20)16-8-5-4-6-9-16/h4-11,13-15,24H,2-3,12H2,1H3,(H,21,22,23). The summed E-state index contributed by atoms with van der Waals surface area (Å²) in [4.78, 5) is 8.55. The van der Waals surface area contributed by atoms with Gasteiger partial charge in [0.15, 0.2) is 0 Å². The molecule has 3 rings (SSSR count). The van der Waals surface area contributed by atoms with Crippen LogP contribution >= 0.6 is 0 Å². The number of nitrogens with zero attached hydrogens (tertiary/aromatic N) is 2. The van der Waals surface area contributed by atoms with Gasteiger partial charge in [-0.1, -0.05) is 49.7 Å². The molecule has 0 bridgehead atoms. The molecule has 6 nitrogen and oxygen atoms in total. The Bertz CT molecular complexity index is 992. The summed E-state index contributed by atoms with van der Waals surface area (Å²) in [6.07, 6.45) is 2.97. The molecule has 0 amide bonds. The normalized spacial score (nSPS) is 11.1. The molecule has 1 heterocycles. The first-order valence-corrected chi connectivity index (χ1v) is 10.5. The monoisotopic (exact) mass is 382 g/mol. The van der Waals surface area contributed by atoms with E-state index in [1.165, 1.54) is 6.33 Å². The van der Waals surface area contributed by atoms with Gasteiger partial charge < -0.3 is 5.32 Å². The van der Waals surface area contributed by atoms with E-state index in [0.29, 0.717) is 17.9 Å². The van der Waals surface area contributed by atoms with Gasteiger partial charge in [0, 0.05) is 17.3 Å². The summed E-state index contributed by atoms with van der Waals surface area (Å²) >= 11 is 0. The lowest BCUT2D eigenvalue weighted by atomic mass is 10.1. The highest BCUT2D eigenvalue weighted by Crippen LogP contribution is 2.23. The minimum Gasteiger partial charge on any atom is -0.340 e. The quantitative estimate of drug-likeness (QED) is 0.602. The van der Waals surface area contributed by atoms with Gasteiger partial charge in [0.1, 0.15) is 12.1 Å². The van der Waals surface area contributed by atoms with E-state index < -0.39 is 10.0 Å². The second-order valence-electron chi connectivity index (χ2n) is 6.13. The molecule has 27 heavy (non-hydrogen) atoms. The van der Waals surface area contributed by atoms with Crippen LogP contribution in [0.5, 0.6) is 0 Å². The third-order valence-electron chi connectivity index (χ3n) is 3.91. The van der Waals surface area contributed by atoms with Gasteiger partial charge >= 0.3 is 0 Å². The average Bonchev–Trinajstić information content (AvgIpc) is 2.67. The van der Waals surface area contributed by atoms with E-state index in [4.69, 9.17) is 0 Å². The minimum absolute atomic E-state index is 0.119. The van der Waals surface area contributed by atoms with Crippen molar-refractivity contribution in [1.29, 1.82) is 0 Å². The van der Waals surface area contributed by atoms with Gasteiger partial charge in [-0.15, -0.1) is 0 Å². The number of anilines is 3. The van der Waals surface area contributed by atoms with Crippen LogP contribution in [0.1, 0.15) is 19.8 Å². The number of rotatable bonds is 8. The molecule has 0 radical (unpaired) electrons. The van der Waals surface area contributed by atoms with Gasteiger partial charge in [-0.3, -0.25) is 4.72 Å². The van der Waals surface area contributed by atoms with Gasteiger partial charge in [0.2, 0.25) is 10.0 Å². The topological polar surface area (TPSA) is 84.0 Å². The van der Waals surface area contributed by atoms with Crippen LogP contribution in [0.15, 0.2) is 67.0 Å². The molecule has 0 fully saturated rings. The van der Waals surface area contributed by atoms with Gasteiger partial charge in [-0.2, -0.15) is 0 Å². The van der Waals surface area contributed by atoms with Crippen LogP contribution in [0.3, 0.4) is 0 Å². The fourth-order valence-electron chi connectivity index (χ4n) is 2.57. The third-order valence-corrected chi connectivity index (χ3v) is 5.28. The maximum atomic E-state index is 12.1. The summed E-state index contributed by atoms with van der Waals surface area (Å²) in [5.41, 5.74) is 3.07. The van der Waals surface area contributed by atoms with Gasteiger partial charge in [-0.05, 0) is 24.6 Å². The van der Waals surface area contributed by atoms with E-state index >= 15 is 0 Å². The first-order chi connectivity index (χ1) is 13.1. The predicted molar refractivity (Wildman–Crippen MR) is 110 cm³/mol. The van der Waals surface area contributed by atoms with Crippen LogP contribution in [-0.2, 0) is 10.0 Å². The van der Waals surface area contributed by atoms with Crippen LogP contribution in [0.2, 0.25) is 0 Å². The zero-order valence-electron chi connectivity index (χ0n) is 15.1. The number of unbranched alkanes of at least 4 members (excludes halogenated alkanes) is 1. The summed E-state index contributed by atoms with van der Waals surface area (Å²) in [6.45, 7) is 1.96. The Balaban J connectivity index is 1.75. The Hall–Kier alpha value is -2.93. The Morgan fingerprint density at radius 1 is 0.926 bits per heavy atom. The van der Waals surface area contributed by atoms with Gasteiger partial charge in [0.25, 0.3) is 0 Å². The fraction of sp³-hybridized carbons (Fsp3) is 0.200. The molecule has 0 spiro atoms. The van der Waals surface area contributed by atoms with Crippen molar-refractivity contribution in [3.8, 4) is 11.3 Å². The van der Waals surface area contributed by atoms with Crippen LogP contribution < -0.4 is 10.0 Å². The van der Waals surface area contributed by atoms with Gasteiger partial charge in [-0.25, -0.2) is 18.4 Å². The first kappa shape index (κ1) is 18.8. The molecule has 7 heteroatoms. The largest absolute Gasteiger partial charge is 0.340 e. The Kier molecular flexibility index (Phi) is 6.03. The van der Waals surface area contributed by atoms with E-state index in [1.807, 2.05) is 49.4 Å². The SMILES string of the molecule is CCCCS(=O)(=O)Nc1cccc(Nc2cc(-c3ccccc3)ncn2)c1. The predicted octanol–water partition coefficient (Wildman–Crippen LogP) is 4.43. The van der Waals surface area contributed by atoms with Crippen molar-refractivity contribution < 1.29 is 8.42 Å². The molecule has 1 aromatic heterocycles. The molecule has 0 saturated carbocycles. The summed E-state index contributed by atoms with van der Waals surface area (Å²) in [5.74, 6) is 0.753. The van der Waals surface area contributed by atoms with Crippen molar-refractivity contribution in [2.24, 2.45) is 0 Å². The zero-order chi connectivity index (χ0) is 19.1. The number of sulfonamides is 1. The Labute approximate surface area is 159 Å². The van der Waals surface area contributed by atoms with Crippen molar-refractivity contribution in [2.45, 2.75) is 19.8 Å². The highest BCUT2D eigenvalue weighted by molar-refractivity contribution is 7.92. The molecule has 3 aromatic rings. The molecule has 0 aliphatic rings. The lowest BCUT2D eigenvalue weighted by Gasteiger charge is -2.11. The van der Waals surface area contributed by atoms with Crippen LogP contribution in [0, 0.1) is 0 Å². The van der Waals surface area contributed by atoms with Crippen LogP contribution in [0.25, 0.3) is 11.3 Å². The van der Waals surface area contributed by atoms with Crippen LogP contribution in [0.4, 0.5) is 17.2 Å². The molecule has 2 N–H and O–H groups in total. The maximum absolute atomic E-state index is 12.1. The molecular weight excluding hydrogens is 360 g/mol. The molecule has 0 aliphatic carbocycles. The summed E-state index contributed by atoms with van der Waals surface area (Å²) in [6, 6.07) is 18.8. The second kappa shape index (κ2) is 8.64. The lowest BCUT2D eigenvalue weighted by molar-refractivity contribution is 0.598. The third kappa shape index (κ3) is 5.52. The zero-order valence-corrected chi connectivity index (χ0v) is 15.9. The lowest BCUT2D eigenvalue weighted by Crippen LogP contribution is -2.16. The van der Waals surface area contributed by atoms with Crippen LogP contribution in [-0.4, -0.2) is 24.1 Å². The molecule has 0 unspecified atom stereocenters. The van der Waals surface area contributed by atoms with E-state index in [2.05, 4.69) is 20.0 Å². The van der Waals surface area contributed by atoms with Crippen molar-refractivity contribution in [3.05, 3.63) is 67.0 Å². The Morgan fingerprint density at radius 2 is 1.70 bits per heavy atom. The van der Waals surface area contributed by atoms with E-state index in [1.54, 1.807) is 18.2 Å². The number of nitrogens with one attached hydrogen (secondary N) is 2. The van der Waals surface area contributed by atoms with Crippen molar-refractivity contribution >= 4 is 27.2 Å².